The minimum absolute atomic E-state index is 0.0210. The molecule has 1 fully saturated rings. The van der Waals surface area contributed by atoms with Gasteiger partial charge in [-0.05, 0) is 59.5 Å². The van der Waals surface area contributed by atoms with Crippen LogP contribution in [0.25, 0.3) is 5.69 Å². The Morgan fingerprint density at radius 2 is 1.83 bits per heavy atom. The number of nitrogens with one attached hydrogen (secondary N) is 1. The Kier molecular flexibility index (Phi) is 5.33. The normalized spacial score (nSPS) is 13.5. The van der Waals surface area contributed by atoms with Crippen molar-refractivity contribution in [3.05, 3.63) is 65.5 Å². The SMILES string of the molecule is Cc1cccc(C(=O)N2CCCC2)c1NC(=O)Cc1ccc(-n2cnnn2)cc1. The fraction of sp³-hybridized carbons (Fsp3) is 0.286. The molecule has 4 rings (SSSR count). The zero-order valence-electron chi connectivity index (χ0n) is 16.2. The van der Waals surface area contributed by atoms with E-state index >= 15 is 0 Å². The van der Waals surface area contributed by atoms with Crippen LogP contribution in [0.15, 0.2) is 48.8 Å². The van der Waals surface area contributed by atoms with Crippen LogP contribution in [0.4, 0.5) is 5.69 Å². The molecule has 0 unspecified atom stereocenters. The lowest BCUT2D eigenvalue weighted by atomic mass is 10.1. The lowest BCUT2D eigenvalue weighted by Crippen LogP contribution is -2.29. The Morgan fingerprint density at radius 3 is 2.52 bits per heavy atom. The third-order valence-corrected chi connectivity index (χ3v) is 5.08. The molecule has 3 aromatic rings. The molecule has 1 aromatic heterocycles. The molecule has 1 saturated heterocycles. The molecule has 0 aliphatic carbocycles. The third-order valence-electron chi connectivity index (χ3n) is 5.08. The van der Waals surface area contributed by atoms with Crippen molar-refractivity contribution in [2.45, 2.75) is 26.2 Å². The van der Waals surface area contributed by atoms with Crippen LogP contribution < -0.4 is 5.32 Å². The molecule has 8 heteroatoms. The second kappa shape index (κ2) is 8.22. The first-order valence-corrected chi connectivity index (χ1v) is 9.63. The largest absolute Gasteiger partial charge is 0.339 e. The van der Waals surface area contributed by atoms with Gasteiger partial charge in [0.1, 0.15) is 6.33 Å². The number of aromatic nitrogens is 4. The van der Waals surface area contributed by atoms with Crippen LogP contribution in [0.5, 0.6) is 0 Å². The van der Waals surface area contributed by atoms with Gasteiger partial charge in [-0.3, -0.25) is 9.59 Å². The number of likely N-dealkylation sites (tertiary alicyclic amines) is 1. The van der Waals surface area contributed by atoms with Crippen molar-refractivity contribution in [2.24, 2.45) is 0 Å². The van der Waals surface area contributed by atoms with Crippen LogP contribution in [-0.2, 0) is 11.2 Å². The van der Waals surface area contributed by atoms with E-state index in [0.29, 0.717) is 11.3 Å². The second-order valence-corrected chi connectivity index (χ2v) is 7.14. The fourth-order valence-electron chi connectivity index (χ4n) is 3.52. The zero-order chi connectivity index (χ0) is 20.2. The van der Waals surface area contributed by atoms with Gasteiger partial charge in [0, 0.05) is 13.1 Å². The number of anilines is 1. The van der Waals surface area contributed by atoms with E-state index in [9.17, 15) is 9.59 Å². The summed E-state index contributed by atoms with van der Waals surface area (Å²) in [5.41, 5.74) is 3.70. The highest BCUT2D eigenvalue weighted by Gasteiger charge is 2.23. The molecule has 1 aliphatic rings. The van der Waals surface area contributed by atoms with Gasteiger partial charge in [0.2, 0.25) is 5.91 Å². The van der Waals surface area contributed by atoms with Gasteiger partial charge in [-0.15, -0.1) is 5.10 Å². The summed E-state index contributed by atoms with van der Waals surface area (Å²) in [5, 5.41) is 14.0. The molecule has 2 amide bonds. The Hall–Kier alpha value is -3.55. The van der Waals surface area contributed by atoms with Crippen molar-refractivity contribution in [1.29, 1.82) is 0 Å². The van der Waals surface area contributed by atoms with Gasteiger partial charge >= 0.3 is 0 Å². The number of amides is 2. The number of carbonyl (C=O) groups excluding carboxylic acids is 2. The average Bonchev–Trinajstić information content (AvgIpc) is 3.44. The van der Waals surface area contributed by atoms with Crippen molar-refractivity contribution in [2.75, 3.05) is 18.4 Å². The van der Waals surface area contributed by atoms with Crippen LogP contribution in [0.1, 0.15) is 34.3 Å². The molecule has 0 radical (unpaired) electrons. The van der Waals surface area contributed by atoms with Gasteiger partial charge in [0.05, 0.1) is 23.4 Å². The van der Waals surface area contributed by atoms with Crippen molar-refractivity contribution >= 4 is 17.5 Å². The highest BCUT2D eigenvalue weighted by Crippen LogP contribution is 2.24. The van der Waals surface area contributed by atoms with Crippen LogP contribution in [0.2, 0.25) is 0 Å². The molecular formula is C21H22N6O2. The van der Waals surface area contributed by atoms with Gasteiger partial charge in [0.15, 0.2) is 0 Å². The van der Waals surface area contributed by atoms with E-state index in [1.54, 1.807) is 10.7 Å². The van der Waals surface area contributed by atoms with Gasteiger partial charge in [-0.2, -0.15) is 0 Å². The van der Waals surface area contributed by atoms with E-state index in [4.69, 9.17) is 0 Å². The molecule has 0 saturated carbocycles. The van der Waals surface area contributed by atoms with E-state index in [0.717, 1.165) is 42.7 Å². The lowest BCUT2D eigenvalue weighted by molar-refractivity contribution is -0.115. The highest BCUT2D eigenvalue weighted by atomic mass is 16.2. The topological polar surface area (TPSA) is 93.0 Å². The fourth-order valence-corrected chi connectivity index (χ4v) is 3.52. The van der Waals surface area contributed by atoms with E-state index < -0.39 is 0 Å². The quantitative estimate of drug-likeness (QED) is 0.722. The van der Waals surface area contributed by atoms with Gasteiger partial charge in [-0.1, -0.05) is 24.3 Å². The molecule has 29 heavy (non-hydrogen) atoms. The molecule has 2 heterocycles. The number of hydrogen-bond acceptors (Lipinski definition) is 5. The van der Waals surface area contributed by atoms with Crippen molar-refractivity contribution < 1.29 is 9.59 Å². The number of carbonyl (C=O) groups is 2. The standard InChI is InChI=1S/C21H22N6O2/c1-15-5-4-6-18(21(29)26-11-2-3-12-26)20(15)23-19(28)13-16-7-9-17(10-8-16)27-14-22-24-25-27/h4-10,14H,2-3,11-13H2,1H3,(H,23,28). The molecule has 0 bridgehead atoms. The summed E-state index contributed by atoms with van der Waals surface area (Å²) in [6, 6.07) is 13.0. The number of nitrogens with zero attached hydrogens (tertiary/aromatic N) is 5. The summed E-state index contributed by atoms with van der Waals surface area (Å²) in [5.74, 6) is -0.183. The Balaban J connectivity index is 1.47. The predicted molar refractivity (Wildman–Crippen MR) is 108 cm³/mol. The summed E-state index contributed by atoms with van der Waals surface area (Å²) in [4.78, 5) is 27.4. The van der Waals surface area contributed by atoms with E-state index in [1.165, 1.54) is 6.33 Å². The van der Waals surface area contributed by atoms with Crippen molar-refractivity contribution in [3.63, 3.8) is 0 Å². The maximum absolute atomic E-state index is 12.9. The first-order chi connectivity index (χ1) is 14.1. The molecule has 8 nitrogen and oxygen atoms in total. The van der Waals surface area contributed by atoms with Crippen molar-refractivity contribution in [3.8, 4) is 5.69 Å². The summed E-state index contributed by atoms with van der Waals surface area (Å²) < 4.78 is 1.55. The minimum Gasteiger partial charge on any atom is -0.339 e. The number of benzene rings is 2. The maximum Gasteiger partial charge on any atom is 0.255 e. The minimum atomic E-state index is -0.162. The zero-order valence-corrected chi connectivity index (χ0v) is 16.2. The van der Waals surface area contributed by atoms with Gasteiger partial charge in [0.25, 0.3) is 5.91 Å². The van der Waals surface area contributed by atoms with Crippen LogP contribution in [-0.4, -0.2) is 50.0 Å². The number of aryl methyl sites for hydroxylation is 1. The summed E-state index contributed by atoms with van der Waals surface area (Å²) >= 11 is 0. The molecule has 0 spiro atoms. The molecule has 148 valence electrons. The maximum atomic E-state index is 12.9. The second-order valence-electron chi connectivity index (χ2n) is 7.14. The third kappa shape index (κ3) is 4.16. The van der Waals surface area contributed by atoms with E-state index in [-0.39, 0.29) is 18.2 Å². The van der Waals surface area contributed by atoms with Gasteiger partial charge < -0.3 is 10.2 Å². The lowest BCUT2D eigenvalue weighted by Gasteiger charge is -2.19. The number of rotatable bonds is 5. The molecule has 0 atom stereocenters. The monoisotopic (exact) mass is 390 g/mol. The Labute approximate surface area is 168 Å². The Morgan fingerprint density at radius 1 is 1.07 bits per heavy atom. The van der Waals surface area contributed by atoms with Crippen molar-refractivity contribution in [1.82, 2.24) is 25.1 Å². The summed E-state index contributed by atoms with van der Waals surface area (Å²) in [6.45, 7) is 3.44. The first kappa shape index (κ1) is 18.8. The first-order valence-electron chi connectivity index (χ1n) is 9.63. The van der Waals surface area contributed by atoms with Crippen LogP contribution in [0, 0.1) is 6.92 Å². The predicted octanol–water partition coefficient (Wildman–Crippen LogP) is 2.39. The van der Waals surface area contributed by atoms with E-state index in [2.05, 4.69) is 20.8 Å². The summed E-state index contributed by atoms with van der Waals surface area (Å²) in [6.07, 6.45) is 3.78. The number of para-hydroxylation sites is 1. The van der Waals surface area contributed by atoms with Crippen LogP contribution in [0.3, 0.4) is 0 Å². The Bertz CT molecular complexity index is 1010. The summed E-state index contributed by atoms with van der Waals surface area (Å²) in [7, 11) is 0. The van der Waals surface area contributed by atoms with Gasteiger partial charge in [-0.25, -0.2) is 4.68 Å². The molecule has 1 N–H and O–H groups in total. The molecule has 2 aromatic carbocycles. The number of hydrogen-bond donors (Lipinski definition) is 1. The van der Waals surface area contributed by atoms with Crippen LogP contribution >= 0.6 is 0 Å². The number of tetrazole rings is 1. The molecular weight excluding hydrogens is 368 g/mol. The molecule has 1 aliphatic heterocycles. The van der Waals surface area contributed by atoms with E-state index in [1.807, 2.05) is 48.2 Å². The highest BCUT2D eigenvalue weighted by molar-refractivity contribution is 6.05. The average molecular weight is 390 g/mol. The smallest absolute Gasteiger partial charge is 0.255 e.